The van der Waals surface area contributed by atoms with Crippen molar-refractivity contribution in [2.75, 3.05) is 6.61 Å². The molecule has 0 saturated carbocycles. The molecule has 1 atom stereocenters. The number of benzene rings is 1. The summed E-state index contributed by atoms with van der Waals surface area (Å²) in [7, 11) is 0. The molecule has 3 nitrogen and oxygen atoms in total. The quantitative estimate of drug-likeness (QED) is 0.801. The molecule has 1 aromatic rings. The fraction of sp³-hybridized carbons (Fsp3) is 0.300. The molecule has 1 fully saturated rings. The van der Waals surface area contributed by atoms with Crippen LogP contribution in [-0.4, -0.2) is 12.7 Å². The van der Waals surface area contributed by atoms with E-state index >= 15 is 0 Å². The molecule has 1 N–H and O–H groups in total. The predicted octanol–water partition coefficient (Wildman–Crippen LogP) is 3.70. The molecule has 1 saturated heterocycles. The van der Waals surface area contributed by atoms with Gasteiger partial charge in [-0.3, -0.25) is 0 Å². The van der Waals surface area contributed by atoms with E-state index in [9.17, 15) is 22.4 Å². The van der Waals surface area contributed by atoms with E-state index in [2.05, 4.69) is 10.1 Å². The van der Waals surface area contributed by atoms with Gasteiger partial charge in [0.05, 0.1) is 16.6 Å². The maximum absolute atomic E-state index is 13.7. The van der Waals surface area contributed by atoms with Crippen LogP contribution < -0.4 is 5.32 Å². The molecular weight excluding hydrogens is 313 g/mol. The third-order valence-electron chi connectivity index (χ3n) is 2.46. The van der Waals surface area contributed by atoms with Gasteiger partial charge in [-0.25, -0.2) is 9.18 Å². The van der Waals surface area contributed by atoms with Crippen molar-refractivity contribution in [3.05, 3.63) is 34.1 Å². The van der Waals surface area contributed by atoms with Crippen LogP contribution in [0.4, 0.5) is 22.4 Å². The highest BCUT2D eigenvalue weighted by atomic mass is 35.5. The Balaban J connectivity index is 0.00000180. The normalized spacial score (nSPS) is 18.6. The summed E-state index contributed by atoms with van der Waals surface area (Å²) in [6, 6.07) is 0.291. The molecule has 19 heavy (non-hydrogen) atoms. The van der Waals surface area contributed by atoms with E-state index in [0.29, 0.717) is 6.07 Å². The average Bonchev–Trinajstić information content (AvgIpc) is 2.66. The van der Waals surface area contributed by atoms with Crippen molar-refractivity contribution in [1.82, 2.24) is 5.32 Å². The summed E-state index contributed by atoms with van der Waals surface area (Å²) in [5.74, 6) is -1.21. The Morgan fingerprint density at radius 1 is 1.37 bits per heavy atom. The number of nitrogens with one attached hydrogen (secondary N) is 1. The summed E-state index contributed by atoms with van der Waals surface area (Å²) in [5, 5.41) is 1.65. The van der Waals surface area contributed by atoms with Gasteiger partial charge in [0, 0.05) is 5.56 Å². The molecule has 1 amide bonds. The molecule has 0 bridgehead atoms. The second-order valence-electron chi connectivity index (χ2n) is 3.62. The minimum Gasteiger partial charge on any atom is -0.447 e. The first kappa shape index (κ1) is 15.8. The summed E-state index contributed by atoms with van der Waals surface area (Å²) < 4.78 is 56.4. The molecule has 0 unspecified atom stereocenters. The number of hydrogen-bond donors (Lipinski definition) is 1. The Hall–Kier alpha value is -1.21. The van der Waals surface area contributed by atoms with Gasteiger partial charge in [0.25, 0.3) is 0 Å². The topological polar surface area (TPSA) is 38.3 Å². The van der Waals surface area contributed by atoms with E-state index < -0.39 is 40.3 Å². The van der Waals surface area contributed by atoms with Crippen molar-refractivity contribution in [1.29, 1.82) is 0 Å². The molecule has 1 aromatic carbocycles. The Kier molecular flexibility index (Phi) is 4.52. The van der Waals surface area contributed by atoms with Crippen molar-refractivity contribution < 1.29 is 27.1 Å². The maximum atomic E-state index is 13.7. The molecule has 0 aromatic heterocycles. The Morgan fingerprint density at radius 3 is 2.47 bits per heavy atom. The van der Waals surface area contributed by atoms with Crippen molar-refractivity contribution >= 4 is 30.1 Å². The molecule has 1 aliphatic heterocycles. The predicted molar refractivity (Wildman–Crippen MR) is 60.9 cm³/mol. The molecule has 2 rings (SSSR count). The molecule has 0 radical (unpaired) electrons. The van der Waals surface area contributed by atoms with E-state index in [1.165, 1.54) is 0 Å². The number of rotatable bonds is 1. The van der Waals surface area contributed by atoms with Crippen LogP contribution in [-0.2, 0) is 10.9 Å². The van der Waals surface area contributed by atoms with Gasteiger partial charge in [0.2, 0.25) is 0 Å². The lowest BCUT2D eigenvalue weighted by Crippen LogP contribution is -2.23. The van der Waals surface area contributed by atoms with Crippen LogP contribution in [0.15, 0.2) is 12.1 Å². The monoisotopic (exact) mass is 319 g/mol. The first-order chi connectivity index (χ1) is 8.30. The van der Waals surface area contributed by atoms with Gasteiger partial charge < -0.3 is 10.1 Å². The van der Waals surface area contributed by atoms with Gasteiger partial charge >= 0.3 is 12.3 Å². The fourth-order valence-corrected chi connectivity index (χ4v) is 1.86. The number of cyclic esters (lactones) is 1. The number of alkyl halides is 3. The van der Waals surface area contributed by atoms with Gasteiger partial charge in [0.15, 0.2) is 0 Å². The van der Waals surface area contributed by atoms with E-state index in [0.717, 1.165) is 6.07 Å². The molecule has 0 spiro atoms. The Morgan fingerprint density at radius 2 is 2.00 bits per heavy atom. The largest absolute Gasteiger partial charge is 0.447 e. The Bertz CT molecular complexity index is 507. The standard InChI is InChI=1S/C10H6ClF4NO2.ClH/c11-5-2-1-4(10(13,14)15)7(8(5)12)6-3-18-9(17)16-6;/h1-2,6H,3H2,(H,16,17);1H/t6-;/m0./s1. The zero-order valence-electron chi connectivity index (χ0n) is 9.05. The van der Waals surface area contributed by atoms with Gasteiger partial charge in [0.1, 0.15) is 12.4 Å². The number of carbonyl (C=O) groups is 1. The lowest BCUT2D eigenvalue weighted by Gasteiger charge is -2.17. The van der Waals surface area contributed by atoms with E-state index in [1.54, 1.807) is 0 Å². The van der Waals surface area contributed by atoms with Crippen LogP contribution in [0, 0.1) is 5.82 Å². The summed E-state index contributed by atoms with van der Waals surface area (Å²) in [5.41, 5.74) is -1.89. The average molecular weight is 320 g/mol. The lowest BCUT2D eigenvalue weighted by atomic mass is 10.00. The number of ether oxygens (including phenoxy) is 1. The SMILES string of the molecule is Cl.O=C1N[C@H](c2c(C(F)(F)F)ccc(Cl)c2F)CO1. The highest BCUT2D eigenvalue weighted by Gasteiger charge is 2.39. The first-order valence-corrected chi connectivity index (χ1v) is 5.17. The molecule has 9 heteroatoms. The molecular formula is C10H7Cl2F4NO2. The molecule has 106 valence electrons. The summed E-state index contributed by atoms with van der Waals surface area (Å²) in [4.78, 5) is 10.8. The number of halogens is 6. The van der Waals surface area contributed by atoms with E-state index in [4.69, 9.17) is 11.6 Å². The number of carbonyl (C=O) groups excluding carboxylic acids is 1. The second-order valence-corrected chi connectivity index (χ2v) is 4.02. The van der Waals surface area contributed by atoms with Crippen molar-refractivity contribution in [2.45, 2.75) is 12.2 Å². The van der Waals surface area contributed by atoms with Crippen LogP contribution in [0.25, 0.3) is 0 Å². The molecule has 0 aliphatic carbocycles. The van der Waals surface area contributed by atoms with Gasteiger partial charge in [-0.1, -0.05) is 11.6 Å². The van der Waals surface area contributed by atoms with Gasteiger partial charge in [-0.05, 0) is 12.1 Å². The smallest absolute Gasteiger partial charge is 0.416 e. The number of alkyl carbamates (subject to hydrolysis) is 1. The third kappa shape index (κ3) is 3.03. The summed E-state index contributed by atoms with van der Waals surface area (Å²) >= 11 is 5.45. The van der Waals surface area contributed by atoms with Crippen LogP contribution in [0.1, 0.15) is 17.2 Å². The minimum absolute atomic E-state index is 0. The highest BCUT2D eigenvalue weighted by Crippen LogP contribution is 2.38. The maximum Gasteiger partial charge on any atom is 0.416 e. The lowest BCUT2D eigenvalue weighted by molar-refractivity contribution is -0.138. The molecule has 1 aliphatic rings. The summed E-state index contributed by atoms with van der Waals surface area (Å²) in [6.07, 6.45) is -5.64. The van der Waals surface area contributed by atoms with Crippen LogP contribution in [0.3, 0.4) is 0 Å². The van der Waals surface area contributed by atoms with Crippen molar-refractivity contribution in [3.63, 3.8) is 0 Å². The minimum atomic E-state index is -4.74. The summed E-state index contributed by atoms with van der Waals surface area (Å²) in [6.45, 7) is -0.376. The van der Waals surface area contributed by atoms with E-state index in [1.807, 2.05) is 0 Å². The third-order valence-corrected chi connectivity index (χ3v) is 2.75. The van der Waals surface area contributed by atoms with Crippen LogP contribution in [0.5, 0.6) is 0 Å². The Labute approximate surface area is 116 Å². The van der Waals surface area contributed by atoms with Crippen molar-refractivity contribution in [3.8, 4) is 0 Å². The number of hydrogen-bond acceptors (Lipinski definition) is 2. The molecule has 1 heterocycles. The van der Waals surface area contributed by atoms with Gasteiger partial charge in [-0.2, -0.15) is 13.2 Å². The van der Waals surface area contributed by atoms with E-state index in [-0.39, 0.29) is 19.0 Å². The van der Waals surface area contributed by atoms with Gasteiger partial charge in [-0.15, -0.1) is 12.4 Å². The zero-order chi connectivity index (χ0) is 13.5. The highest BCUT2D eigenvalue weighted by molar-refractivity contribution is 6.30. The van der Waals surface area contributed by atoms with Crippen LogP contribution >= 0.6 is 24.0 Å². The van der Waals surface area contributed by atoms with Crippen LogP contribution in [0.2, 0.25) is 5.02 Å². The fourth-order valence-electron chi connectivity index (χ4n) is 1.69. The van der Waals surface area contributed by atoms with Crippen molar-refractivity contribution in [2.24, 2.45) is 0 Å². The number of amides is 1. The zero-order valence-corrected chi connectivity index (χ0v) is 10.6. The first-order valence-electron chi connectivity index (χ1n) is 4.79. The second kappa shape index (κ2) is 5.42.